The molecule has 1 saturated heterocycles. The molecular weight excluding hydrogens is 197 g/mol. The molecule has 0 radical (unpaired) electrons. The first-order valence-electron chi connectivity index (χ1n) is 4.83. The van der Waals surface area contributed by atoms with Gasteiger partial charge in [0.1, 0.15) is 11.4 Å². The quantitative estimate of drug-likeness (QED) is 0.769. The molecule has 1 unspecified atom stereocenters. The van der Waals surface area contributed by atoms with Crippen LogP contribution >= 0.6 is 0 Å². The van der Waals surface area contributed by atoms with Crippen molar-refractivity contribution in [2.75, 3.05) is 6.54 Å². The first kappa shape index (κ1) is 9.96. The van der Waals surface area contributed by atoms with E-state index in [1.807, 2.05) is 0 Å². The summed E-state index contributed by atoms with van der Waals surface area (Å²) in [5.41, 5.74) is -0.0258. The number of cyclic esters (lactones) is 1. The summed E-state index contributed by atoms with van der Waals surface area (Å²) in [7, 11) is 0. The van der Waals surface area contributed by atoms with Crippen LogP contribution in [0.2, 0.25) is 0 Å². The minimum Gasteiger partial charge on any atom is -0.438 e. The molecule has 1 heterocycles. The Hall–Kier alpha value is -1.58. The number of nitrogens with one attached hydrogen (secondary N) is 1. The lowest BCUT2D eigenvalue weighted by Gasteiger charge is -2.33. The van der Waals surface area contributed by atoms with Gasteiger partial charge in [-0.1, -0.05) is 12.1 Å². The second-order valence-corrected chi connectivity index (χ2v) is 3.81. The molecule has 15 heavy (non-hydrogen) atoms. The predicted octanol–water partition coefficient (Wildman–Crippen LogP) is 2.17. The lowest BCUT2D eigenvalue weighted by atomic mass is 9.91. The van der Waals surface area contributed by atoms with E-state index in [2.05, 4.69) is 5.32 Å². The Balaban J connectivity index is 2.32. The van der Waals surface area contributed by atoms with Crippen molar-refractivity contribution < 1.29 is 13.9 Å². The number of halogens is 1. The maximum absolute atomic E-state index is 13.0. The molecule has 0 aromatic heterocycles. The summed E-state index contributed by atoms with van der Waals surface area (Å²) in [5, 5.41) is 2.57. The number of rotatable bonds is 1. The summed E-state index contributed by atoms with van der Waals surface area (Å²) in [6, 6.07) is 6.15. The van der Waals surface area contributed by atoms with Crippen LogP contribution in [-0.2, 0) is 10.3 Å². The maximum atomic E-state index is 13.0. The van der Waals surface area contributed by atoms with Gasteiger partial charge in [0.15, 0.2) is 0 Å². The molecule has 3 nitrogen and oxygen atoms in total. The van der Waals surface area contributed by atoms with Gasteiger partial charge < -0.3 is 10.1 Å². The van der Waals surface area contributed by atoms with Gasteiger partial charge in [-0.15, -0.1) is 0 Å². The van der Waals surface area contributed by atoms with Gasteiger partial charge >= 0.3 is 6.09 Å². The highest BCUT2D eigenvalue weighted by atomic mass is 19.1. The van der Waals surface area contributed by atoms with Crippen molar-refractivity contribution in [3.05, 3.63) is 35.6 Å². The molecule has 1 aliphatic rings. The number of ether oxygens (including phenoxy) is 1. The zero-order chi connectivity index (χ0) is 10.9. The molecule has 1 N–H and O–H groups in total. The molecule has 4 heteroatoms. The third-order valence-electron chi connectivity index (χ3n) is 2.62. The number of alkyl carbamates (subject to hydrolysis) is 1. The van der Waals surface area contributed by atoms with Gasteiger partial charge in [0.2, 0.25) is 0 Å². The Labute approximate surface area is 87.2 Å². The number of carbonyl (C=O) groups excluding carboxylic acids is 1. The van der Waals surface area contributed by atoms with Crippen LogP contribution in [0.3, 0.4) is 0 Å². The van der Waals surface area contributed by atoms with Gasteiger partial charge in [-0.05, 0) is 24.6 Å². The fourth-order valence-electron chi connectivity index (χ4n) is 1.72. The van der Waals surface area contributed by atoms with Crippen LogP contribution in [-0.4, -0.2) is 12.6 Å². The highest BCUT2D eigenvalue weighted by Crippen LogP contribution is 2.31. The smallest absolute Gasteiger partial charge is 0.408 e. The highest BCUT2D eigenvalue weighted by molar-refractivity contribution is 5.68. The fourth-order valence-corrected chi connectivity index (χ4v) is 1.72. The summed E-state index contributed by atoms with van der Waals surface area (Å²) in [6.45, 7) is 2.34. The first-order valence-corrected chi connectivity index (χ1v) is 4.83. The molecular formula is C11H12FNO2. The van der Waals surface area contributed by atoms with Crippen LogP contribution in [0.25, 0.3) is 0 Å². The molecule has 1 aromatic rings. The van der Waals surface area contributed by atoms with Crippen molar-refractivity contribution in [1.82, 2.24) is 5.32 Å². The van der Waals surface area contributed by atoms with Crippen molar-refractivity contribution in [2.45, 2.75) is 18.9 Å². The van der Waals surface area contributed by atoms with E-state index in [9.17, 15) is 9.18 Å². The van der Waals surface area contributed by atoms with Crippen molar-refractivity contribution in [2.24, 2.45) is 0 Å². The average molecular weight is 209 g/mol. The van der Waals surface area contributed by atoms with Gasteiger partial charge in [-0.2, -0.15) is 0 Å². The third-order valence-corrected chi connectivity index (χ3v) is 2.62. The van der Waals surface area contributed by atoms with E-state index >= 15 is 0 Å². The lowest BCUT2D eigenvalue weighted by Crippen LogP contribution is -2.43. The molecule has 0 spiro atoms. The average Bonchev–Trinajstić information content (AvgIpc) is 2.17. The zero-order valence-electron chi connectivity index (χ0n) is 8.42. The molecule has 80 valence electrons. The molecule has 1 aromatic carbocycles. The minimum absolute atomic E-state index is 0.316. The van der Waals surface area contributed by atoms with Gasteiger partial charge in [-0.3, -0.25) is 0 Å². The van der Waals surface area contributed by atoms with E-state index in [0.717, 1.165) is 0 Å². The molecule has 0 aliphatic carbocycles. The molecule has 0 saturated carbocycles. The number of hydrogen-bond acceptors (Lipinski definition) is 2. The second kappa shape index (κ2) is 3.53. The molecule has 1 atom stereocenters. The van der Waals surface area contributed by atoms with Crippen molar-refractivity contribution >= 4 is 6.09 Å². The SMILES string of the molecule is CC1(c2cccc(F)c2)CCNC(=O)O1. The summed E-state index contributed by atoms with van der Waals surface area (Å²) >= 11 is 0. The Morgan fingerprint density at radius 3 is 3.00 bits per heavy atom. The van der Waals surface area contributed by atoms with Crippen LogP contribution in [0.4, 0.5) is 9.18 Å². The number of hydrogen-bond donors (Lipinski definition) is 1. The van der Waals surface area contributed by atoms with Crippen molar-refractivity contribution in [3.8, 4) is 0 Å². The normalized spacial score (nSPS) is 25.6. The van der Waals surface area contributed by atoms with E-state index in [1.54, 1.807) is 19.1 Å². The van der Waals surface area contributed by atoms with Crippen LogP contribution in [0.15, 0.2) is 24.3 Å². The van der Waals surface area contributed by atoms with Gasteiger partial charge in [0, 0.05) is 13.0 Å². The van der Waals surface area contributed by atoms with E-state index in [-0.39, 0.29) is 5.82 Å². The summed E-state index contributed by atoms with van der Waals surface area (Å²) in [4.78, 5) is 11.1. The lowest BCUT2D eigenvalue weighted by molar-refractivity contribution is -0.00294. The van der Waals surface area contributed by atoms with Gasteiger partial charge in [0.25, 0.3) is 0 Å². The largest absolute Gasteiger partial charge is 0.438 e. The topological polar surface area (TPSA) is 38.3 Å². The Morgan fingerprint density at radius 1 is 1.53 bits per heavy atom. The summed E-state index contributed by atoms with van der Waals surface area (Å²) in [5.74, 6) is -0.316. The van der Waals surface area contributed by atoms with Gasteiger partial charge in [0.05, 0.1) is 0 Å². The number of carbonyl (C=O) groups is 1. The number of amides is 1. The minimum atomic E-state index is -0.718. The Bertz CT molecular complexity index is 394. The zero-order valence-corrected chi connectivity index (χ0v) is 8.42. The molecule has 1 fully saturated rings. The fraction of sp³-hybridized carbons (Fsp3) is 0.364. The maximum Gasteiger partial charge on any atom is 0.408 e. The van der Waals surface area contributed by atoms with E-state index in [0.29, 0.717) is 18.5 Å². The standard InChI is InChI=1S/C11H12FNO2/c1-11(5-6-13-10(14)15-11)8-3-2-4-9(12)7-8/h2-4,7H,5-6H2,1H3,(H,13,14). The predicted molar refractivity (Wildman–Crippen MR) is 52.9 cm³/mol. The second-order valence-electron chi connectivity index (χ2n) is 3.81. The molecule has 1 aliphatic heterocycles. The van der Waals surface area contributed by atoms with E-state index in [1.165, 1.54) is 12.1 Å². The van der Waals surface area contributed by atoms with E-state index < -0.39 is 11.7 Å². The monoisotopic (exact) mass is 209 g/mol. The number of benzene rings is 1. The first-order chi connectivity index (χ1) is 7.10. The molecule has 2 rings (SSSR count). The summed E-state index contributed by atoms with van der Waals surface area (Å²) < 4.78 is 18.2. The molecule has 1 amide bonds. The highest BCUT2D eigenvalue weighted by Gasteiger charge is 2.34. The van der Waals surface area contributed by atoms with Crippen LogP contribution in [0, 0.1) is 5.82 Å². The molecule has 0 bridgehead atoms. The van der Waals surface area contributed by atoms with Crippen LogP contribution in [0.1, 0.15) is 18.9 Å². The Kier molecular flexibility index (Phi) is 2.34. The van der Waals surface area contributed by atoms with Gasteiger partial charge in [-0.25, -0.2) is 9.18 Å². The van der Waals surface area contributed by atoms with Crippen LogP contribution in [0.5, 0.6) is 0 Å². The summed E-state index contributed by atoms with van der Waals surface area (Å²) in [6.07, 6.45) is 0.190. The van der Waals surface area contributed by atoms with Crippen molar-refractivity contribution in [1.29, 1.82) is 0 Å². The van der Waals surface area contributed by atoms with Crippen LogP contribution < -0.4 is 5.32 Å². The third kappa shape index (κ3) is 1.93. The van der Waals surface area contributed by atoms with E-state index in [4.69, 9.17) is 4.74 Å². The van der Waals surface area contributed by atoms with Crippen molar-refractivity contribution in [3.63, 3.8) is 0 Å². The Morgan fingerprint density at radius 2 is 2.33 bits per heavy atom.